The van der Waals surface area contributed by atoms with Gasteiger partial charge in [0.05, 0.1) is 23.7 Å². The fourth-order valence-corrected chi connectivity index (χ4v) is 4.34. The number of hydrogen-bond donors (Lipinski definition) is 1. The first kappa shape index (κ1) is 17.7. The van der Waals surface area contributed by atoms with E-state index in [0.29, 0.717) is 0 Å². The van der Waals surface area contributed by atoms with E-state index in [2.05, 4.69) is 25.9 Å². The number of anilines is 1. The fourth-order valence-electron chi connectivity index (χ4n) is 4.34. The number of H-pyrrole nitrogens is 1. The number of ether oxygens (including phenoxy) is 1. The van der Waals surface area contributed by atoms with Gasteiger partial charge in [-0.3, -0.25) is 4.57 Å². The van der Waals surface area contributed by atoms with E-state index in [1.807, 2.05) is 41.8 Å². The van der Waals surface area contributed by atoms with Crippen LogP contribution < -0.4 is 15.3 Å². The molecule has 29 heavy (non-hydrogen) atoms. The van der Waals surface area contributed by atoms with Crippen LogP contribution in [0.15, 0.2) is 47.5 Å². The highest BCUT2D eigenvalue weighted by Crippen LogP contribution is 2.31. The number of benzene rings is 2. The largest absolute Gasteiger partial charge is 0.497 e. The number of piperidine rings is 1. The van der Waals surface area contributed by atoms with Gasteiger partial charge in [-0.1, -0.05) is 6.07 Å². The summed E-state index contributed by atoms with van der Waals surface area (Å²) >= 11 is 0. The van der Waals surface area contributed by atoms with Crippen molar-refractivity contribution in [2.75, 3.05) is 25.1 Å². The Kier molecular flexibility index (Phi) is 4.23. The first-order valence-electron chi connectivity index (χ1n) is 9.88. The Bertz CT molecular complexity index is 1250. The summed E-state index contributed by atoms with van der Waals surface area (Å²) < 4.78 is 7.23. The summed E-state index contributed by atoms with van der Waals surface area (Å²) in [7, 11) is 1.65. The van der Waals surface area contributed by atoms with Gasteiger partial charge >= 0.3 is 5.69 Å². The Morgan fingerprint density at radius 1 is 1.10 bits per heavy atom. The third kappa shape index (κ3) is 3.03. The molecule has 1 N–H and O–H groups in total. The number of fused-ring (bicyclic) bond motifs is 2. The number of methoxy groups -OCH3 is 1. The van der Waals surface area contributed by atoms with Crippen LogP contribution >= 0.6 is 0 Å². The van der Waals surface area contributed by atoms with E-state index in [4.69, 9.17) is 4.74 Å². The number of nitrogens with one attached hydrogen (secondary N) is 1. The van der Waals surface area contributed by atoms with Crippen molar-refractivity contribution in [3.8, 4) is 5.75 Å². The van der Waals surface area contributed by atoms with E-state index in [1.54, 1.807) is 13.4 Å². The molecule has 0 amide bonds. The Balaban J connectivity index is 1.42. The number of aryl methyl sites for hydroxylation is 1. The van der Waals surface area contributed by atoms with Gasteiger partial charge in [0.2, 0.25) is 0 Å². The summed E-state index contributed by atoms with van der Waals surface area (Å²) in [6.45, 7) is 3.72. The van der Waals surface area contributed by atoms with Crippen LogP contribution in [0, 0.1) is 6.92 Å². The monoisotopic (exact) mass is 389 g/mol. The zero-order chi connectivity index (χ0) is 20.0. The third-order valence-electron chi connectivity index (χ3n) is 5.82. The van der Waals surface area contributed by atoms with E-state index in [9.17, 15) is 4.79 Å². The predicted molar refractivity (Wildman–Crippen MR) is 114 cm³/mol. The van der Waals surface area contributed by atoms with Gasteiger partial charge in [-0.25, -0.2) is 14.8 Å². The van der Waals surface area contributed by atoms with Gasteiger partial charge in [-0.15, -0.1) is 0 Å². The summed E-state index contributed by atoms with van der Waals surface area (Å²) in [6, 6.07) is 12.2. The second-order valence-corrected chi connectivity index (χ2v) is 7.62. The maximum Gasteiger partial charge on any atom is 0.326 e. The molecule has 2 aromatic heterocycles. The van der Waals surface area contributed by atoms with E-state index < -0.39 is 0 Å². The van der Waals surface area contributed by atoms with E-state index in [-0.39, 0.29) is 11.7 Å². The highest BCUT2D eigenvalue weighted by Gasteiger charge is 2.25. The minimum absolute atomic E-state index is 0.0244. The molecule has 0 bridgehead atoms. The molecule has 0 unspecified atom stereocenters. The number of hydrogen-bond acceptors (Lipinski definition) is 5. The Morgan fingerprint density at radius 2 is 1.93 bits per heavy atom. The molecule has 0 spiro atoms. The molecule has 1 aliphatic heterocycles. The van der Waals surface area contributed by atoms with Gasteiger partial charge in [0.25, 0.3) is 0 Å². The molecule has 0 radical (unpaired) electrons. The molecule has 148 valence electrons. The number of rotatable bonds is 3. The molecule has 7 nitrogen and oxygen atoms in total. The highest BCUT2D eigenvalue weighted by molar-refractivity contribution is 5.90. The zero-order valence-electron chi connectivity index (χ0n) is 16.6. The summed E-state index contributed by atoms with van der Waals surface area (Å²) in [5.41, 5.74) is 3.89. The first-order valence-corrected chi connectivity index (χ1v) is 9.88. The number of aromatic amines is 1. The molecule has 2 aromatic carbocycles. The summed E-state index contributed by atoms with van der Waals surface area (Å²) in [5, 5.41) is 1.02. The van der Waals surface area contributed by atoms with Crippen molar-refractivity contribution in [1.29, 1.82) is 0 Å². The quantitative estimate of drug-likeness (QED) is 0.581. The lowest BCUT2D eigenvalue weighted by molar-refractivity contribution is 0.395. The average molecular weight is 389 g/mol. The van der Waals surface area contributed by atoms with Crippen molar-refractivity contribution in [3.63, 3.8) is 0 Å². The van der Waals surface area contributed by atoms with E-state index >= 15 is 0 Å². The van der Waals surface area contributed by atoms with Crippen LogP contribution in [0.3, 0.4) is 0 Å². The van der Waals surface area contributed by atoms with E-state index in [1.165, 1.54) is 0 Å². The second-order valence-electron chi connectivity index (χ2n) is 7.62. The van der Waals surface area contributed by atoms with Gasteiger partial charge in [0.15, 0.2) is 0 Å². The lowest BCUT2D eigenvalue weighted by atomic mass is 10.0. The SMILES string of the molecule is COc1ccc2c(N3CCC(n4c(=O)[nH]c5cc(C)ccc54)CC3)ncnc2c1. The molecule has 5 rings (SSSR count). The van der Waals surface area contributed by atoms with Gasteiger partial charge in [-0.05, 0) is 49.6 Å². The summed E-state index contributed by atoms with van der Waals surface area (Å²) in [4.78, 5) is 26.8. The van der Waals surface area contributed by atoms with Crippen LogP contribution in [0.25, 0.3) is 21.9 Å². The topological polar surface area (TPSA) is 76.0 Å². The van der Waals surface area contributed by atoms with Gasteiger partial charge < -0.3 is 14.6 Å². The Morgan fingerprint density at radius 3 is 2.72 bits per heavy atom. The van der Waals surface area contributed by atoms with Gasteiger partial charge in [0.1, 0.15) is 17.9 Å². The van der Waals surface area contributed by atoms with Crippen molar-refractivity contribution >= 4 is 27.8 Å². The Labute approximate surface area is 168 Å². The molecule has 1 saturated heterocycles. The van der Waals surface area contributed by atoms with Crippen molar-refractivity contribution in [2.24, 2.45) is 0 Å². The van der Waals surface area contributed by atoms with Crippen molar-refractivity contribution < 1.29 is 4.74 Å². The van der Waals surface area contributed by atoms with Crippen molar-refractivity contribution in [3.05, 3.63) is 58.8 Å². The number of aromatic nitrogens is 4. The number of imidazole rings is 1. The van der Waals surface area contributed by atoms with Crippen molar-refractivity contribution in [1.82, 2.24) is 19.5 Å². The summed E-state index contributed by atoms with van der Waals surface area (Å²) in [6.07, 6.45) is 3.39. The van der Waals surface area contributed by atoms with Crippen LogP contribution in [-0.2, 0) is 0 Å². The van der Waals surface area contributed by atoms with Crippen molar-refractivity contribution in [2.45, 2.75) is 25.8 Å². The molecule has 3 heterocycles. The van der Waals surface area contributed by atoms with Crippen LogP contribution in [0.1, 0.15) is 24.4 Å². The van der Waals surface area contributed by atoms with E-state index in [0.717, 1.165) is 65.0 Å². The molecule has 4 aromatic rings. The van der Waals surface area contributed by atoms with Crippen LogP contribution in [0.4, 0.5) is 5.82 Å². The summed E-state index contributed by atoms with van der Waals surface area (Å²) in [5.74, 6) is 1.73. The van der Waals surface area contributed by atoms with Crippen LogP contribution in [-0.4, -0.2) is 39.7 Å². The maximum absolute atomic E-state index is 12.6. The molecule has 1 fully saturated rings. The van der Waals surface area contributed by atoms with Crippen LogP contribution in [0.2, 0.25) is 0 Å². The lowest BCUT2D eigenvalue weighted by Gasteiger charge is -2.33. The molecule has 0 saturated carbocycles. The number of nitrogens with zero attached hydrogens (tertiary/aromatic N) is 4. The van der Waals surface area contributed by atoms with Gasteiger partial charge in [-0.2, -0.15) is 0 Å². The molecular formula is C22H23N5O2. The molecular weight excluding hydrogens is 366 g/mol. The molecule has 7 heteroatoms. The maximum atomic E-state index is 12.6. The molecule has 0 atom stereocenters. The lowest BCUT2D eigenvalue weighted by Crippen LogP contribution is -2.37. The minimum Gasteiger partial charge on any atom is -0.497 e. The zero-order valence-corrected chi connectivity index (χ0v) is 16.6. The average Bonchev–Trinajstić information content (AvgIpc) is 3.07. The third-order valence-corrected chi connectivity index (χ3v) is 5.82. The molecule has 0 aliphatic carbocycles. The Hall–Kier alpha value is -3.35. The smallest absolute Gasteiger partial charge is 0.326 e. The normalized spacial score (nSPS) is 15.3. The minimum atomic E-state index is -0.0244. The van der Waals surface area contributed by atoms with Gasteiger partial charge in [0, 0.05) is 30.6 Å². The highest BCUT2D eigenvalue weighted by atomic mass is 16.5. The second kappa shape index (κ2) is 6.92. The van der Waals surface area contributed by atoms with Crippen LogP contribution in [0.5, 0.6) is 5.75 Å². The molecule has 1 aliphatic rings. The standard InChI is InChI=1S/C22H23N5O2/c1-14-3-6-20-19(11-14)25-22(28)27(20)15-7-9-26(10-8-15)21-17-5-4-16(29-2)12-18(17)23-13-24-21/h3-6,11-13,15H,7-10H2,1-2H3,(H,25,28). The predicted octanol–water partition coefficient (Wildman–Crippen LogP) is 3.43. The fraction of sp³-hybridized carbons (Fsp3) is 0.318. The first-order chi connectivity index (χ1) is 14.1.